The lowest BCUT2D eigenvalue weighted by atomic mass is 10.1. The first-order valence-electron chi connectivity index (χ1n) is 9.53. The summed E-state index contributed by atoms with van der Waals surface area (Å²) < 4.78 is 28.7. The van der Waals surface area contributed by atoms with Crippen LogP contribution >= 0.6 is 0 Å². The van der Waals surface area contributed by atoms with Crippen molar-refractivity contribution in [1.82, 2.24) is 24.6 Å². The topological polar surface area (TPSA) is 114 Å². The Hall–Kier alpha value is -3.31. The highest BCUT2D eigenvalue weighted by atomic mass is 19.2. The van der Waals surface area contributed by atoms with E-state index in [1.54, 1.807) is 6.20 Å². The van der Waals surface area contributed by atoms with E-state index in [0.29, 0.717) is 6.04 Å². The van der Waals surface area contributed by atoms with E-state index in [9.17, 15) is 8.78 Å². The van der Waals surface area contributed by atoms with Crippen molar-refractivity contribution in [1.29, 1.82) is 0 Å². The maximum Gasteiger partial charge on any atom is 0.229 e. The summed E-state index contributed by atoms with van der Waals surface area (Å²) >= 11 is 0. The molecule has 0 amide bonds. The molecule has 5 N–H and O–H groups in total. The largest absolute Gasteiger partial charge is 0.394 e. The minimum absolute atomic E-state index is 0.154. The summed E-state index contributed by atoms with van der Waals surface area (Å²) in [6, 6.07) is 3.64. The fourth-order valence-electron chi connectivity index (χ4n) is 3.38. The van der Waals surface area contributed by atoms with E-state index in [1.807, 2.05) is 10.9 Å². The van der Waals surface area contributed by atoms with E-state index in [4.69, 9.17) is 11.6 Å². The minimum atomic E-state index is -1.02. The predicted molar refractivity (Wildman–Crippen MR) is 110 cm³/mol. The molecule has 1 aromatic carbocycles. The molecule has 158 valence electrons. The van der Waals surface area contributed by atoms with E-state index in [1.165, 1.54) is 12.3 Å². The second kappa shape index (κ2) is 8.20. The number of aromatic nitrogens is 4. The molecule has 3 heterocycles. The zero-order chi connectivity index (χ0) is 21.3. The molecule has 1 saturated heterocycles. The van der Waals surface area contributed by atoms with Gasteiger partial charge in [-0.25, -0.2) is 19.6 Å². The number of hydrogen-bond acceptors (Lipinski definition) is 8. The Morgan fingerprint density at radius 2 is 1.93 bits per heavy atom. The summed E-state index contributed by atoms with van der Waals surface area (Å²) in [6.45, 7) is 2.07. The molecule has 30 heavy (non-hydrogen) atoms. The van der Waals surface area contributed by atoms with E-state index < -0.39 is 11.6 Å². The summed E-state index contributed by atoms with van der Waals surface area (Å²) in [7, 11) is 2.11. The lowest BCUT2D eigenvalue weighted by Gasteiger charge is -2.28. The van der Waals surface area contributed by atoms with Gasteiger partial charge in [-0.15, -0.1) is 0 Å². The zero-order valence-electron chi connectivity index (χ0n) is 16.5. The minimum Gasteiger partial charge on any atom is -0.394 e. The standard InChI is InChI=1S/C19H23F2N9/c1-28-6-4-13(5-7-28)29-11-12(9-25-29)26-19-24-10-17(22)18(27-19)30(23)14-2-3-15(20)16(21)8-14/h2-3,8-11,13H,4-7,22-23H2,1H3,(H,24,26,27). The molecule has 4 rings (SSSR count). The van der Waals surface area contributed by atoms with Gasteiger partial charge in [0.15, 0.2) is 17.5 Å². The van der Waals surface area contributed by atoms with Crippen LogP contribution in [0.1, 0.15) is 18.9 Å². The number of anilines is 5. The van der Waals surface area contributed by atoms with Crippen LogP contribution in [0.5, 0.6) is 0 Å². The van der Waals surface area contributed by atoms with Gasteiger partial charge in [0.25, 0.3) is 0 Å². The molecule has 1 aliphatic heterocycles. The van der Waals surface area contributed by atoms with E-state index in [0.717, 1.165) is 48.8 Å². The van der Waals surface area contributed by atoms with Crippen molar-refractivity contribution < 1.29 is 8.78 Å². The Kier molecular flexibility index (Phi) is 5.46. The van der Waals surface area contributed by atoms with Gasteiger partial charge in [-0.05, 0) is 45.1 Å². The predicted octanol–water partition coefficient (Wildman–Crippen LogP) is 2.56. The monoisotopic (exact) mass is 415 g/mol. The van der Waals surface area contributed by atoms with Crippen molar-refractivity contribution >= 4 is 28.8 Å². The number of piperidine rings is 1. The normalized spacial score (nSPS) is 15.3. The third-order valence-electron chi connectivity index (χ3n) is 5.13. The Morgan fingerprint density at radius 3 is 2.67 bits per heavy atom. The summed E-state index contributed by atoms with van der Waals surface area (Å²) in [5.41, 5.74) is 7.05. The molecule has 0 bridgehead atoms. The fourth-order valence-corrected chi connectivity index (χ4v) is 3.38. The number of nitrogens with zero attached hydrogens (tertiary/aromatic N) is 6. The maximum absolute atomic E-state index is 13.6. The number of benzene rings is 1. The van der Waals surface area contributed by atoms with Crippen LogP contribution in [0.3, 0.4) is 0 Å². The lowest BCUT2D eigenvalue weighted by molar-refractivity contribution is 0.212. The second-order valence-corrected chi connectivity index (χ2v) is 7.31. The van der Waals surface area contributed by atoms with Crippen molar-refractivity contribution in [2.24, 2.45) is 5.84 Å². The van der Waals surface area contributed by atoms with Gasteiger partial charge in [-0.3, -0.25) is 9.69 Å². The average Bonchev–Trinajstić information content (AvgIpc) is 3.20. The number of likely N-dealkylation sites (tertiary alicyclic amines) is 1. The van der Waals surface area contributed by atoms with Gasteiger partial charge in [0.05, 0.1) is 35.5 Å². The summed E-state index contributed by atoms with van der Waals surface area (Å²) in [4.78, 5) is 10.8. The quantitative estimate of drug-likeness (QED) is 0.430. The molecule has 0 atom stereocenters. The number of rotatable bonds is 5. The van der Waals surface area contributed by atoms with E-state index in [2.05, 4.69) is 32.3 Å². The molecule has 1 aliphatic rings. The molecule has 1 fully saturated rings. The molecule has 11 heteroatoms. The third-order valence-corrected chi connectivity index (χ3v) is 5.13. The van der Waals surface area contributed by atoms with Crippen molar-refractivity contribution in [3.8, 4) is 0 Å². The molecule has 2 aromatic heterocycles. The van der Waals surface area contributed by atoms with Crippen LogP contribution in [-0.2, 0) is 0 Å². The van der Waals surface area contributed by atoms with E-state index >= 15 is 0 Å². The van der Waals surface area contributed by atoms with E-state index in [-0.39, 0.29) is 23.1 Å². The molecule has 0 unspecified atom stereocenters. The molecule has 0 aliphatic carbocycles. The van der Waals surface area contributed by atoms with Gasteiger partial charge in [0.1, 0.15) is 0 Å². The molecule has 0 radical (unpaired) electrons. The van der Waals surface area contributed by atoms with Crippen LogP contribution in [0.2, 0.25) is 0 Å². The molecular weight excluding hydrogens is 392 g/mol. The zero-order valence-corrected chi connectivity index (χ0v) is 16.5. The Morgan fingerprint density at radius 1 is 1.17 bits per heavy atom. The van der Waals surface area contributed by atoms with Crippen molar-refractivity contribution in [2.75, 3.05) is 36.2 Å². The molecule has 3 aromatic rings. The highest BCUT2D eigenvalue weighted by Crippen LogP contribution is 2.28. The number of halogens is 2. The summed E-state index contributed by atoms with van der Waals surface area (Å²) in [5.74, 6) is 4.46. The first-order chi connectivity index (χ1) is 14.4. The summed E-state index contributed by atoms with van der Waals surface area (Å²) in [5, 5.41) is 8.60. The first kappa shape index (κ1) is 20.0. The number of nitrogen functional groups attached to an aromatic ring is 1. The van der Waals surface area contributed by atoms with Crippen molar-refractivity contribution in [3.05, 3.63) is 48.4 Å². The van der Waals surface area contributed by atoms with Crippen molar-refractivity contribution in [2.45, 2.75) is 18.9 Å². The van der Waals surface area contributed by atoms with Gasteiger partial charge < -0.3 is 16.0 Å². The van der Waals surface area contributed by atoms with Crippen LogP contribution in [-0.4, -0.2) is 44.8 Å². The first-order valence-corrected chi connectivity index (χ1v) is 9.53. The highest BCUT2D eigenvalue weighted by molar-refractivity contribution is 5.71. The van der Waals surface area contributed by atoms with Gasteiger partial charge in [0.2, 0.25) is 5.95 Å². The number of hydrazine groups is 1. The average molecular weight is 415 g/mol. The van der Waals surface area contributed by atoms with Gasteiger partial charge in [-0.1, -0.05) is 0 Å². The maximum atomic E-state index is 13.6. The number of nitrogens with one attached hydrogen (secondary N) is 1. The smallest absolute Gasteiger partial charge is 0.229 e. The molecule has 0 spiro atoms. The van der Waals surface area contributed by atoms with Crippen LogP contribution in [0.15, 0.2) is 36.8 Å². The van der Waals surface area contributed by atoms with Crippen LogP contribution < -0.4 is 21.9 Å². The molecule has 0 saturated carbocycles. The molecular formula is C19H23F2N9. The number of nitrogens with two attached hydrogens (primary N) is 2. The summed E-state index contributed by atoms with van der Waals surface area (Å²) in [6.07, 6.45) is 7.08. The Labute approximate surface area is 172 Å². The SMILES string of the molecule is CN1CCC(n2cc(Nc3ncc(N)c(N(N)c4ccc(F)c(F)c4)n3)cn2)CC1. The second-order valence-electron chi connectivity index (χ2n) is 7.31. The van der Waals surface area contributed by atoms with Crippen LogP contribution in [0.25, 0.3) is 0 Å². The van der Waals surface area contributed by atoms with Gasteiger partial charge in [0, 0.05) is 12.3 Å². The van der Waals surface area contributed by atoms with Crippen LogP contribution in [0.4, 0.5) is 37.6 Å². The molecule has 9 nitrogen and oxygen atoms in total. The van der Waals surface area contributed by atoms with Gasteiger partial charge in [-0.2, -0.15) is 10.1 Å². The van der Waals surface area contributed by atoms with Gasteiger partial charge >= 0.3 is 0 Å². The highest BCUT2D eigenvalue weighted by Gasteiger charge is 2.19. The third kappa shape index (κ3) is 4.16. The Balaban J connectivity index is 1.51. The lowest BCUT2D eigenvalue weighted by Crippen LogP contribution is -2.31. The number of hydrogen-bond donors (Lipinski definition) is 3. The fraction of sp³-hybridized carbons (Fsp3) is 0.316. The van der Waals surface area contributed by atoms with Crippen molar-refractivity contribution in [3.63, 3.8) is 0 Å². The Bertz CT molecular complexity index is 1030. The van der Waals surface area contributed by atoms with Crippen LogP contribution in [0, 0.1) is 11.6 Å².